The van der Waals surface area contributed by atoms with Crippen LogP contribution in [0.25, 0.3) is 33.4 Å². The van der Waals surface area contributed by atoms with Crippen molar-refractivity contribution in [2.75, 3.05) is 18.0 Å². The monoisotopic (exact) mass is 370 g/mol. The summed E-state index contributed by atoms with van der Waals surface area (Å²) in [7, 11) is 1.88. The summed E-state index contributed by atoms with van der Waals surface area (Å²) >= 11 is 0. The Morgan fingerprint density at radius 1 is 1.11 bits per heavy atom. The van der Waals surface area contributed by atoms with Crippen LogP contribution in [0.2, 0.25) is 0 Å². The van der Waals surface area contributed by atoms with Gasteiger partial charge in [0.2, 0.25) is 0 Å². The minimum Gasteiger partial charge on any atom is -0.336 e. The lowest BCUT2D eigenvalue weighted by molar-refractivity contribution is 0.252. The molecule has 0 radical (unpaired) electrons. The number of benzene rings is 1. The Balaban J connectivity index is 1.73. The highest BCUT2D eigenvalue weighted by Crippen LogP contribution is 2.33. The first-order valence-electron chi connectivity index (χ1n) is 9.10. The number of carbonyl (C=O) groups excluding carboxylic acids is 1. The molecule has 1 aliphatic rings. The maximum absolute atomic E-state index is 12.1. The number of rotatable bonds is 3. The van der Waals surface area contributed by atoms with Crippen molar-refractivity contribution in [3.8, 4) is 22.5 Å². The van der Waals surface area contributed by atoms with Crippen LogP contribution in [0.15, 0.2) is 61.1 Å². The van der Waals surface area contributed by atoms with E-state index < -0.39 is 0 Å². The number of nitrogens with zero attached hydrogens (tertiary/aromatic N) is 5. The Morgan fingerprint density at radius 2 is 2.04 bits per heavy atom. The number of fused-ring (bicyclic) bond motifs is 1. The second-order valence-corrected chi connectivity index (χ2v) is 6.76. The molecule has 2 amide bonds. The zero-order valence-electron chi connectivity index (χ0n) is 15.3. The third-order valence-electron chi connectivity index (χ3n) is 4.90. The molecule has 4 aromatic rings. The van der Waals surface area contributed by atoms with Crippen LogP contribution in [0.1, 0.15) is 0 Å². The molecule has 1 saturated heterocycles. The predicted octanol–water partition coefficient (Wildman–Crippen LogP) is 3.23. The number of anilines is 1. The van der Waals surface area contributed by atoms with Gasteiger partial charge in [-0.25, -0.2) is 9.78 Å². The maximum Gasteiger partial charge on any atom is 0.321 e. The van der Waals surface area contributed by atoms with Gasteiger partial charge in [0.25, 0.3) is 0 Å². The van der Waals surface area contributed by atoms with Crippen LogP contribution < -0.4 is 10.2 Å². The van der Waals surface area contributed by atoms with Crippen molar-refractivity contribution in [3.63, 3.8) is 0 Å². The van der Waals surface area contributed by atoms with E-state index in [4.69, 9.17) is 4.98 Å². The molecule has 0 aliphatic carbocycles. The molecule has 0 atom stereocenters. The number of aryl methyl sites for hydroxylation is 1. The van der Waals surface area contributed by atoms with Crippen LogP contribution in [0, 0.1) is 0 Å². The number of nitrogens with one attached hydrogen (secondary N) is 1. The highest BCUT2D eigenvalue weighted by Gasteiger charge is 2.22. The van der Waals surface area contributed by atoms with E-state index in [0.29, 0.717) is 13.1 Å². The van der Waals surface area contributed by atoms with Crippen molar-refractivity contribution >= 4 is 22.6 Å². The van der Waals surface area contributed by atoms with Crippen LogP contribution in [0.3, 0.4) is 0 Å². The number of amides is 2. The number of aromatic nitrogens is 4. The van der Waals surface area contributed by atoms with Gasteiger partial charge < -0.3 is 5.32 Å². The Morgan fingerprint density at radius 3 is 2.75 bits per heavy atom. The van der Waals surface area contributed by atoms with Crippen molar-refractivity contribution in [1.29, 1.82) is 0 Å². The SMILES string of the molecule is Cn1cc(-c2cc(-c3ccccn3)c3ccc(N4CCNC4=O)cc3n2)cn1. The van der Waals surface area contributed by atoms with E-state index in [9.17, 15) is 4.79 Å². The van der Waals surface area contributed by atoms with Gasteiger partial charge in [0.05, 0.1) is 23.1 Å². The molecule has 0 unspecified atom stereocenters. The van der Waals surface area contributed by atoms with Gasteiger partial charge in [0.15, 0.2) is 0 Å². The van der Waals surface area contributed by atoms with Crippen LogP contribution >= 0.6 is 0 Å². The normalized spacial score (nSPS) is 13.9. The first kappa shape index (κ1) is 16.4. The summed E-state index contributed by atoms with van der Waals surface area (Å²) in [6.07, 6.45) is 5.52. The zero-order valence-corrected chi connectivity index (χ0v) is 15.3. The van der Waals surface area contributed by atoms with Crippen molar-refractivity contribution in [3.05, 3.63) is 61.1 Å². The van der Waals surface area contributed by atoms with Crippen LogP contribution in [-0.2, 0) is 7.05 Å². The van der Waals surface area contributed by atoms with Crippen molar-refractivity contribution in [2.45, 2.75) is 0 Å². The number of hydrogen-bond donors (Lipinski definition) is 1. The minimum absolute atomic E-state index is 0.0762. The lowest BCUT2D eigenvalue weighted by atomic mass is 10.0. The summed E-state index contributed by atoms with van der Waals surface area (Å²) in [5.41, 5.74) is 5.30. The summed E-state index contributed by atoms with van der Waals surface area (Å²) in [6.45, 7) is 1.30. The number of hydrogen-bond acceptors (Lipinski definition) is 4. The zero-order chi connectivity index (χ0) is 19.1. The average molecular weight is 370 g/mol. The molecule has 1 aromatic carbocycles. The van der Waals surface area contributed by atoms with Gasteiger partial charge in [0, 0.05) is 54.7 Å². The van der Waals surface area contributed by atoms with E-state index in [-0.39, 0.29) is 6.03 Å². The Kier molecular flexibility index (Phi) is 3.79. The molecule has 0 bridgehead atoms. The molecule has 1 aliphatic heterocycles. The fourth-order valence-corrected chi connectivity index (χ4v) is 3.54. The predicted molar refractivity (Wildman–Crippen MR) is 108 cm³/mol. The average Bonchev–Trinajstić information content (AvgIpc) is 3.35. The summed E-state index contributed by atoms with van der Waals surface area (Å²) in [4.78, 5) is 23.2. The summed E-state index contributed by atoms with van der Waals surface area (Å²) in [6, 6.07) is 13.8. The van der Waals surface area contributed by atoms with Crippen LogP contribution in [0.4, 0.5) is 10.5 Å². The summed E-state index contributed by atoms with van der Waals surface area (Å²) in [5, 5.41) is 8.10. The standard InChI is InChI=1S/C21H18N6O/c1-26-13-14(12-24-26)19-11-17(18-4-2-3-7-22-18)16-6-5-15(10-20(16)25-19)27-9-8-23-21(27)28/h2-7,10-13H,8-9H2,1H3,(H,23,28). The van der Waals surface area contributed by atoms with E-state index in [1.165, 1.54) is 0 Å². The molecule has 4 heterocycles. The lowest BCUT2D eigenvalue weighted by Crippen LogP contribution is -2.27. The number of carbonyl (C=O) groups is 1. The summed E-state index contributed by atoms with van der Waals surface area (Å²) in [5.74, 6) is 0. The molecule has 1 N–H and O–H groups in total. The van der Waals surface area contributed by atoms with Crippen LogP contribution in [0.5, 0.6) is 0 Å². The highest BCUT2D eigenvalue weighted by molar-refractivity contribution is 6.00. The quantitative estimate of drug-likeness (QED) is 0.601. The third-order valence-corrected chi connectivity index (χ3v) is 4.90. The molecule has 0 spiro atoms. The molecule has 0 saturated carbocycles. The fraction of sp³-hybridized carbons (Fsp3) is 0.143. The van der Waals surface area contributed by atoms with E-state index in [0.717, 1.165) is 39.1 Å². The van der Waals surface area contributed by atoms with Gasteiger partial charge in [-0.3, -0.25) is 14.6 Å². The smallest absolute Gasteiger partial charge is 0.321 e. The maximum atomic E-state index is 12.1. The molecule has 7 heteroatoms. The Labute approximate surface area is 161 Å². The molecule has 3 aromatic heterocycles. The first-order valence-corrected chi connectivity index (χ1v) is 9.10. The Hall–Kier alpha value is -3.74. The summed E-state index contributed by atoms with van der Waals surface area (Å²) < 4.78 is 1.76. The molecule has 28 heavy (non-hydrogen) atoms. The molecule has 7 nitrogen and oxygen atoms in total. The van der Waals surface area contributed by atoms with E-state index >= 15 is 0 Å². The number of pyridine rings is 2. The third kappa shape index (κ3) is 2.77. The topological polar surface area (TPSA) is 75.9 Å². The van der Waals surface area contributed by atoms with Gasteiger partial charge in [0.1, 0.15) is 0 Å². The largest absolute Gasteiger partial charge is 0.336 e. The molecule has 5 rings (SSSR count). The van der Waals surface area contributed by atoms with Crippen LogP contribution in [-0.4, -0.2) is 38.9 Å². The highest BCUT2D eigenvalue weighted by atomic mass is 16.2. The van der Waals surface area contributed by atoms with E-state index in [1.54, 1.807) is 22.0 Å². The Bertz CT molecular complexity index is 1180. The van der Waals surface area contributed by atoms with E-state index in [2.05, 4.69) is 15.4 Å². The minimum atomic E-state index is -0.0762. The second kappa shape index (κ2) is 6.45. The fourth-order valence-electron chi connectivity index (χ4n) is 3.54. The van der Waals surface area contributed by atoms with Gasteiger partial charge >= 0.3 is 6.03 Å². The van der Waals surface area contributed by atoms with Crippen molar-refractivity contribution < 1.29 is 4.79 Å². The van der Waals surface area contributed by atoms with Crippen molar-refractivity contribution in [1.82, 2.24) is 25.1 Å². The number of urea groups is 1. The van der Waals surface area contributed by atoms with Crippen molar-refractivity contribution in [2.24, 2.45) is 7.05 Å². The lowest BCUT2D eigenvalue weighted by Gasteiger charge is -2.16. The van der Waals surface area contributed by atoms with Gasteiger partial charge in [-0.05, 0) is 30.3 Å². The van der Waals surface area contributed by atoms with Gasteiger partial charge in [-0.15, -0.1) is 0 Å². The van der Waals surface area contributed by atoms with Gasteiger partial charge in [-0.1, -0.05) is 12.1 Å². The second-order valence-electron chi connectivity index (χ2n) is 6.76. The van der Waals surface area contributed by atoms with Gasteiger partial charge in [-0.2, -0.15) is 5.10 Å². The molecule has 138 valence electrons. The van der Waals surface area contributed by atoms with E-state index in [1.807, 2.05) is 55.7 Å². The molecular weight excluding hydrogens is 352 g/mol. The first-order chi connectivity index (χ1) is 13.7. The molecule has 1 fully saturated rings. The molecular formula is C21H18N6O.